The van der Waals surface area contributed by atoms with Gasteiger partial charge in [-0.05, 0) is 43.6 Å². The van der Waals surface area contributed by atoms with Crippen molar-refractivity contribution in [3.63, 3.8) is 0 Å². The summed E-state index contributed by atoms with van der Waals surface area (Å²) in [5, 5.41) is 2.46. The molecule has 0 fully saturated rings. The zero-order valence-corrected chi connectivity index (χ0v) is 12.5. The second-order valence-corrected chi connectivity index (χ2v) is 5.66. The summed E-state index contributed by atoms with van der Waals surface area (Å²) in [5.74, 6) is 0. The Labute approximate surface area is 114 Å². The van der Waals surface area contributed by atoms with Crippen molar-refractivity contribution in [2.45, 2.75) is 39.8 Å². The van der Waals surface area contributed by atoms with Crippen molar-refractivity contribution in [2.75, 3.05) is 5.32 Å². The van der Waals surface area contributed by atoms with Crippen LogP contribution in [0.4, 0.5) is 10.5 Å². The monoisotopic (exact) mass is 316 g/mol. The second-order valence-electron chi connectivity index (χ2n) is 4.81. The molecule has 1 heterocycles. The van der Waals surface area contributed by atoms with E-state index in [1.54, 1.807) is 37.7 Å². The van der Waals surface area contributed by atoms with Gasteiger partial charge in [0.1, 0.15) is 11.3 Å². The summed E-state index contributed by atoms with van der Waals surface area (Å²) in [6.07, 6.45) is 2.61. The molecule has 0 aliphatic carbocycles. The Balaban J connectivity index is 2.94. The lowest BCUT2D eigenvalue weighted by atomic mass is 10.2. The topological polar surface area (TPSA) is 60.3 Å². The van der Waals surface area contributed by atoms with Gasteiger partial charge in [-0.1, -0.05) is 0 Å². The fraction of sp³-hybridized carbons (Fsp3) is 0.500. The molecule has 0 aromatic carbocycles. The molecule has 100 valence electrons. The van der Waals surface area contributed by atoms with Crippen LogP contribution < -0.4 is 10.7 Å². The number of aromatic nitrogens is 1. The molecule has 1 aromatic heterocycles. The molecule has 1 rings (SSSR count). The lowest BCUT2D eigenvalue weighted by molar-refractivity contribution is 0.0635. The third-order valence-electron chi connectivity index (χ3n) is 2.04. The van der Waals surface area contributed by atoms with E-state index in [0.29, 0.717) is 11.0 Å². The van der Waals surface area contributed by atoms with E-state index in [0.717, 1.165) is 0 Å². The molecule has 0 spiro atoms. The Bertz CT molecular complexity index is 503. The van der Waals surface area contributed by atoms with E-state index in [2.05, 4.69) is 21.2 Å². The van der Waals surface area contributed by atoms with Gasteiger partial charge in [-0.25, -0.2) is 4.79 Å². The maximum absolute atomic E-state index is 11.8. The van der Waals surface area contributed by atoms with Crippen LogP contribution in [-0.2, 0) is 11.3 Å². The first-order chi connectivity index (χ1) is 8.23. The first kappa shape index (κ1) is 14.8. The van der Waals surface area contributed by atoms with Crippen LogP contribution in [0.5, 0.6) is 0 Å². The molecule has 1 amide bonds. The summed E-state index contributed by atoms with van der Waals surface area (Å²) in [7, 11) is 0. The number of anilines is 1. The minimum Gasteiger partial charge on any atom is -0.444 e. The number of carbonyl (C=O) groups is 1. The Kier molecular flexibility index (Phi) is 4.56. The largest absolute Gasteiger partial charge is 0.444 e. The summed E-state index contributed by atoms with van der Waals surface area (Å²) in [6.45, 7) is 7.92. The van der Waals surface area contributed by atoms with Gasteiger partial charge in [0.2, 0.25) is 5.43 Å². The van der Waals surface area contributed by atoms with Crippen molar-refractivity contribution < 1.29 is 9.53 Å². The van der Waals surface area contributed by atoms with Gasteiger partial charge in [-0.15, -0.1) is 0 Å². The van der Waals surface area contributed by atoms with Crippen LogP contribution in [0.2, 0.25) is 0 Å². The van der Waals surface area contributed by atoms with Crippen LogP contribution in [0.25, 0.3) is 0 Å². The number of hydrogen-bond acceptors (Lipinski definition) is 3. The molecule has 5 nitrogen and oxygen atoms in total. The summed E-state index contributed by atoms with van der Waals surface area (Å²) in [6, 6.07) is 0. The van der Waals surface area contributed by atoms with Gasteiger partial charge in [-0.3, -0.25) is 10.1 Å². The first-order valence-electron chi connectivity index (χ1n) is 5.62. The molecular formula is C12H17BrN2O3. The van der Waals surface area contributed by atoms with Crippen molar-refractivity contribution in [3.8, 4) is 0 Å². The highest BCUT2D eigenvalue weighted by molar-refractivity contribution is 9.10. The molecule has 0 aliphatic rings. The van der Waals surface area contributed by atoms with Gasteiger partial charge in [0.25, 0.3) is 0 Å². The zero-order chi connectivity index (χ0) is 13.9. The summed E-state index contributed by atoms with van der Waals surface area (Å²) in [4.78, 5) is 23.4. The molecular weight excluding hydrogens is 300 g/mol. The van der Waals surface area contributed by atoms with Crippen molar-refractivity contribution in [1.29, 1.82) is 0 Å². The molecule has 0 saturated heterocycles. The van der Waals surface area contributed by atoms with Crippen molar-refractivity contribution in [3.05, 3.63) is 27.1 Å². The van der Waals surface area contributed by atoms with Crippen LogP contribution in [0.3, 0.4) is 0 Å². The van der Waals surface area contributed by atoms with E-state index in [9.17, 15) is 9.59 Å². The molecule has 18 heavy (non-hydrogen) atoms. The molecule has 0 aliphatic heterocycles. The third-order valence-corrected chi connectivity index (χ3v) is 2.60. The van der Waals surface area contributed by atoms with E-state index in [-0.39, 0.29) is 11.1 Å². The number of ether oxygens (including phenoxy) is 1. The lowest BCUT2D eigenvalue weighted by Gasteiger charge is -2.19. The zero-order valence-electron chi connectivity index (χ0n) is 10.9. The molecule has 0 unspecified atom stereocenters. The van der Waals surface area contributed by atoms with Crippen LogP contribution in [0.15, 0.2) is 21.7 Å². The predicted molar refractivity (Wildman–Crippen MR) is 73.9 cm³/mol. The minimum absolute atomic E-state index is 0.195. The number of rotatable bonds is 2. The number of nitrogens with zero attached hydrogens (tertiary/aromatic N) is 1. The Hall–Kier alpha value is -1.30. The van der Waals surface area contributed by atoms with Gasteiger partial charge in [-0.2, -0.15) is 0 Å². The average Bonchev–Trinajstić information content (AvgIpc) is 2.21. The quantitative estimate of drug-likeness (QED) is 0.912. The molecule has 0 saturated carbocycles. The van der Waals surface area contributed by atoms with Crippen LogP contribution in [-0.4, -0.2) is 16.3 Å². The lowest BCUT2D eigenvalue weighted by Crippen LogP contribution is -2.29. The van der Waals surface area contributed by atoms with Gasteiger partial charge in [0.15, 0.2) is 0 Å². The molecule has 1 aromatic rings. The van der Waals surface area contributed by atoms with E-state index in [4.69, 9.17) is 4.74 Å². The van der Waals surface area contributed by atoms with Crippen LogP contribution >= 0.6 is 15.9 Å². The Morgan fingerprint density at radius 1 is 1.44 bits per heavy atom. The number of aryl methyl sites for hydroxylation is 1. The van der Waals surface area contributed by atoms with E-state index in [1.165, 1.54) is 0 Å². The van der Waals surface area contributed by atoms with Crippen molar-refractivity contribution in [2.24, 2.45) is 0 Å². The van der Waals surface area contributed by atoms with Gasteiger partial charge in [0.05, 0.1) is 4.47 Å². The summed E-state index contributed by atoms with van der Waals surface area (Å²) in [5.41, 5.74) is -0.675. The smallest absolute Gasteiger partial charge is 0.412 e. The van der Waals surface area contributed by atoms with E-state index < -0.39 is 11.7 Å². The highest BCUT2D eigenvalue weighted by atomic mass is 79.9. The molecule has 0 bridgehead atoms. The van der Waals surface area contributed by atoms with Gasteiger partial charge in [0, 0.05) is 18.9 Å². The van der Waals surface area contributed by atoms with Crippen LogP contribution in [0.1, 0.15) is 27.7 Å². The molecule has 0 atom stereocenters. The first-order valence-corrected chi connectivity index (χ1v) is 6.42. The predicted octanol–water partition coefficient (Wildman–Crippen LogP) is 2.98. The maximum atomic E-state index is 11.8. The molecule has 1 N–H and O–H groups in total. The van der Waals surface area contributed by atoms with Gasteiger partial charge < -0.3 is 9.30 Å². The van der Waals surface area contributed by atoms with Crippen molar-refractivity contribution >= 4 is 27.7 Å². The highest BCUT2D eigenvalue weighted by Crippen LogP contribution is 2.12. The Morgan fingerprint density at radius 2 is 2.06 bits per heavy atom. The SMILES string of the molecule is CCn1cc(Br)c(=O)c(NC(=O)OC(C)(C)C)c1. The second kappa shape index (κ2) is 5.56. The average molecular weight is 317 g/mol. The van der Waals surface area contributed by atoms with E-state index in [1.807, 2.05) is 6.92 Å². The maximum Gasteiger partial charge on any atom is 0.412 e. The normalized spacial score (nSPS) is 11.2. The standard InChI is InChI=1S/C12H17BrN2O3/c1-5-15-6-8(13)10(16)9(7-15)14-11(17)18-12(2,3)4/h6-7H,5H2,1-4H3,(H,14,17). The fourth-order valence-electron chi connectivity index (χ4n) is 1.28. The fourth-order valence-corrected chi connectivity index (χ4v) is 1.76. The van der Waals surface area contributed by atoms with E-state index >= 15 is 0 Å². The number of nitrogens with one attached hydrogen (secondary N) is 1. The molecule has 6 heteroatoms. The minimum atomic E-state index is -0.639. The number of amides is 1. The number of hydrogen-bond donors (Lipinski definition) is 1. The Morgan fingerprint density at radius 3 is 2.56 bits per heavy atom. The number of halogens is 1. The number of pyridine rings is 1. The number of carbonyl (C=O) groups excluding carboxylic acids is 1. The molecule has 0 radical (unpaired) electrons. The van der Waals surface area contributed by atoms with Gasteiger partial charge >= 0.3 is 6.09 Å². The highest BCUT2D eigenvalue weighted by Gasteiger charge is 2.17. The summed E-state index contributed by atoms with van der Waals surface area (Å²) < 4.78 is 7.29. The van der Waals surface area contributed by atoms with Crippen LogP contribution in [0, 0.1) is 0 Å². The van der Waals surface area contributed by atoms with Crippen molar-refractivity contribution in [1.82, 2.24) is 4.57 Å². The third kappa shape index (κ3) is 4.18. The summed E-state index contributed by atoms with van der Waals surface area (Å²) >= 11 is 3.16.